The molecule has 1 amide bonds. The molecule has 0 aromatic heterocycles. The highest BCUT2D eigenvalue weighted by Crippen LogP contribution is 2.35. The molecule has 0 aliphatic carbocycles. The minimum absolute atomic E-state index is 0.255. The van der Waals surface area contributed by atoms with Crippen LogP contribution in [0.1, 0.15) is 21.5 Å². The molecule has 0 bridgehead atoms. The van der Waals surface area contributed by atoms with Crippen LogP contribution in [0.25, 0.3) is 0 Å². The van der Waals surface area contributed by atoms with Gasteiger partial charge in [-0.1, -0.05) is 41.4 Å². The van der Waals surface area contributed by atoms with E-state index in [0.717, 1.165) is 14.7 Å². The number of benzene rings is 3. The van der Waals surface area contributed by atoms with Gasteiger partial charge in [0, 0.05) is 15.6 Å². The van der Waals surface area contributed by atoms with Crippen molar-refractivity contribution in [3.05, 3.63) is 84.9 Å². The molecule has 3 rings (SSSR count). The number of carbonyl (C=O) groups excluding carboxylic acids is 1. The maximum Gasteiger partial charge on any atom is 0.275 e. The molecule has 0 saturated carbocycles. The van der Waals surface area contributed by atoms with Crippen LogP contribution in [0, 0.1) is 3.57 Å². The molecule has 0 atom stereocenters. The highest BCUT2D eigenvalue weighted by Gasteiger charge is 2.13. The van der Waals surface area contributed by atoms with Crippen LogP contribution >= 0.6 is 45.8 Å². The highest BCUT2D eigenvalue weighted by atomic mass is 127. The van der Waals surface area contributed by atoms with Gasteiger partial charge in [0.05, 0.1) is 29.6 Å². The number of nitrogens with one attached hydrogen (secondary N) is 1. The molecule has 3 aromatic rings. The largest absolute Gasteiger partial charge is 0.496 e. The van der Waals surface area contributed by atoms with E-state index in [1.165, 1.54) is 13.3 Å². The number of carbonyl (C=O) groups is 1. The fraction of sp³-hybridized carbons (Fsp3) is 0.130. The van der Waals surface area contributed by atoms with Gasteiger partial charge in [-0.05, 0) is 64.6 Å². The monoisotopic (exact) mass is 584 g/mol. The standard InChI is InChI=1S/C23H19Cl2IN2O4/c1-30-20-6-4-3-5-17(20)23(29)28-27-12-14-9-19(26)22(21(10-14)31-2)32-13-15-7-8-16(24)11-18(15)25/h3-12H,13H2,1-2H3,(H,28,29)/b27-12-. The number of methoxy groups -OCH3 is 2. The molecular formula is C23H19Cl2IN2O4. The third kappa shape index (κ3) is 6.05. The van der Waals surface area contributed by atoms with Crippen LogP contribution < -0.4 is 19.6 Å². The Morgan fingerprint density at radius 1 is 1.06 bits per heavy atom. The summed E-state index contributed by atoms with van der Waals surface area (Å²) >= 11 is 14.3. The fourth-order valence-electron chi connectivity index (χ4n) is 2.80. The predicted molar refractivity (Wildman–Crippen MR) is 135 cm³/mol. The first kappa shape index (κ1) is 24.2. The quantitative estimate of drug-likeness (QED) is 0.202. The minimum atomic E-state index is -0.375. The Labute approximate surface area is 209 Å². The SMILES string of the molecule is COc1ccccc1C(=O)N/N=C\c1cc(I)c(OCc2ccc(Cl)cc2Cl)c(OC)c1. The second-order valence-corrected chi connectivity index (χ2v) is 8.46. The lowest BCUT2D eigenvalue weighted by molar-refractivity contribution is 0.0952. The summed E-state index contributed by atoms with van der Waals surface area (Å²) in [7, 11) is 3.06. The van der Waals surface area contributed by atoms with Crippen molar-refractivity contribution in [3.8, 4) is 17.2 Å². The minimum Gasteiger partial charge on any atom is -0.496 e. The lowest BCUT2D eigenvalue weighted by Gasteiger charge is -2.14. The number of amides is 1. The van der Waals surface area contributed by atoms with Crippen LogP contribution in [0.4, 0.5) is 0 Å². The van der Waals surface area contributed by atoms with E-state index in [1.54, 1.807) is 49.6 Å². The molecule has 1 N–H and O–H groups in total. The van der Waals surface area contributed by atoms with Gasteiger partial charge in [-0.25, -0.2) is 5.43 Å². The van der Waals surface area contributed by atoms with Crippen LogP contribution in [0.2, 0.25) is 10.0 Å². The summed E-state index contributed by atoms with van der Waals surface area (Å²) in [5, 5.41) is 5.13. The van der Waals surface area contributed by atoms with Crippen LogP contribution in [-0.4, -0.2) is 26.3 Å². The third-order valence-electron chi connectivity index (χ3n) is 4.37. The van der Waals surface area contributed by atoms with E-state index in [9.17, 15) is 4.79 Å². The van der Waals surface area contributed by atoms with Gasteiger partial charge in [0.2, 0.25) is 0 Å². The first-order chi connectivity index (χ1) is 15.4. The van der Waals surface area contributed by atoms with Crippen LogP contribution in [0.5, 0.6) is 17.2 Å². The Bertz CT molecular complexity index is 1150. The van der Waals surface area contributed by atoms with E-state index in [1.807, 2.05) is 12.1 Å². The summed E-state index contributed by atoms with van der Waals surface area (Å²) in [6.07, 6.45) is 1.53. The van der Waals surface area contributed by atoms with Crippen molar-refractivity contribution in [2.75, 3.05) is 14.2 Å². The molecular weight excluding hydrogens is 566 g/mol. The zero-order valence-corrected chi connectivity index (χ0v) is 20.9. The molecule has 3 aromatic carbocycles. The van der Waals surface area contributed by atoms with Crippen molar-refractivity contribution < 1.29 is 19.0 Å². The normalized spacial score (nSPS) is 10.8. The lowest BCUT2D eigenvalue weighted by Crippen LogP contribution is -2.18. The van der Waals surface area contributed by atoms with E-state index in [2.05, 4.69) is 33.1 Å². The van der Waals surface area contributed by atoms with Gasteiger partial charge in [0.1, 0.15) is 12.4 Å². The van der Waals surface area contributed by atoms with E-state index >= 15 is 0 Å². The van der Waals surface area contributed by atoms with Gasteiger partial charge in [0.15, 0.2) is 11.5 Å². The first-order valence-electron chi connectivity index (χ1n) is 9.33. The van der Waals surface area contributed by atoms with Crippen molar-refractivity contribution in [1.82, 2.24) is 5.43 Å². The zero-order chi connectivity index (χ0) is 23.1. The Hall–Kier alpha value is -2.49. The fourth-order valence-corrected chi connectivity index (χ4v) is 4.05. The number of hydrogen-bond acceptors (Lipinski definition) is 5. The molecule has 0 spiro atoms. The van der Waals surface area contributed by atoms with E-state index in [-0.39, 0.29) is 12.5 Å². The molecule has 6 nitrogen and oxygen atoms in total. The molecule has 0 heterocycles. The molecule has 0 radical (unpaired) electrons. The second kappa shape index (κ2) is 11.4. The molecule has 0 aliphatic heterocycles. The van der Waals surface area contributed by atoms with Gasteiger partial charge in [-0.15, -0.1) is 0 Å². The van der Waals surface area contributed by atoms with Crippen LogP contribution in [0.15, 0.2) is 59.7 Å². The number of nitrogens with zero attached hydrogens (tertiary/aromatic N) is 1. The molecule has 0 aliphatic rings. The summed E-state index contributed by atoms with van der Waals surface area (Å²) in [5.41, 5.74) is 4.42. The molecule has 0 saturated heterocycles. The number of halogens is 3. The summed E-state index contributed by atoms with van der Waals surface area (Å²) < 4.78 is 17.4. The smallest absolute Gasteiger partial charge is 0.275 e. The van der Waals surface area contributed by atoms with Crippen LogP contribution in [-0.2, 0) is 6.61 Å². The van der Waals surface area contributed by atoms with Crippen molar-refractivity contribution in [3.63, 3.8) is 0 Å². The maximum atomic E-state index is 12.4. The zero-order valence-electron chi connectivity index (χ0n) is 17.2. The first-order valence-corrected chi connectivity index (χ1v) is 11.2. The van der Waals surface area contributed by atoms with Gasteiger partial charge >= 0.3 is 0 Å². The molecule has 32 heavy (non-hydrogen) atoms. The summed E-state index contributed by atoms with van der Waals surface area (Å²) in [6.45, 7) is 0.255. The Morgan fingerprint density at radius 3 is 2.53 bits per heavy atom. The molecule has 0 fully saturated rings. The number of ether oxygens (including phenoxy) is 3. The van der Waals surface area contributed by atoms with Crippen molar-refractivity contribution in [2.24, 2.45) is 5.10 Å². The molecule has 0 unspecified atom stereocenters. The topological polar surface area (TPSA) is 69.2 Å². The van der Waals surface area contributed by atoms with Gasteiger partial charge in [-0.2, -0.15) is 5.10 Å². The maximum absolute atomic E-state index is 12.4. The summed E-state index contributed by atoms with van der Waals surface area (Å²) in [6, 6.07) is 15.8. The van der Waals surface area contributed by atoms with E-state index < -0.39 is 0 Å². The van der Waals surface area contributed by atoms with Crippen molar-refractivity contribution >= 4 is 57.9 Å². The van der Waals surface area contributed by atoms with Crippen molar-refractivity contribution in [2.45, 2.75) is 6.61 Å². The third-order valence-corrected chi connectivity index (χ3v) is 5.76. The van der Waals surface area contributed by atoms with Gasteiger partial charge < -0.3 is 14.2 Å². The Morgan fingerprint density at radius 2 is 1.81 bits per heavy atom. The lowest BCUT2D eigenvalue weighted by atomic mass is 10.2. The number of hydrogen-bond donors (Lipinski definition) is 1. The number of rotatable bonds is 8. The Balaban J connectivity index is 1.72. The molecule has 166 valence electrons. The van der Waals surface area contributed by atoms with Gasteiger partial charge in [-0.3, -0.25) is 4.79 Å². The van der Waals surface area contributed by atoms with E-state index in [0.29, 0.717) is 32.9 Å². The summed E-state index contributed by atoms with van der Waals surface area (Å²) in [4.78, 5) is 12.4. The molecule has 9 heteroatoms. The average molecular weight is 585 g/mol. The Kier molecular flexibility index (Phi) is 8.60. The predicted octanol–water partition coefficient (Wildman–Crippen LogP) is 5.96. The second-order valence-electron chi connectivity index (χ2n) is 6.46. The average Bonchev–Trinajstić information content (AvgIpc) is 2.79. The van der Waals surface area contributed by atoms with Crippen LogP contribution in [0.3, 0.4) is 0 Å². The number of para-hydroxylation sites is 1. The number of hydrazone groups is 1. The highest BCUT2D eigenvalue weighted by molar-refractivity contribution is 14.1. The van der Waals surface area contributed by atoms with E-state index in [4.69, 9.17) is 37.4 Å². The van der Waals surface area contributed by atoms with Crippen molar-refractivity contribution in [1.29, 1.82) is 0 Å². The van der Waals surface area contributed by atoms with Gasteiger partial charge in [0.25, 0.3) is 5.91 Å². The summed E-state index contributed by atoms with van der Waals surface area (Å²) in [5.74, 6) is 1.20.